The highest BCUT2D eigenvalue weighted by Crippen LogP contribution is 2.32. The summed E-state index contributed by atoms with van der Waals surface area (Å²) < 4.78 is 0. The van der Waals surface area contributed by atoms with Gasteiger partial charge in [-0.25, -0.2) is 0 Å². The number of rotatable bonds is 4. The lowest BCUT2D eigenvalue weighted by Gasteiger charge is -2.33. The minimum atomic E-state index is -0.761. The largest absolute Gasteiger partial charge is 0.389 e. The predicted octanol–water partition coefficient (Wildman–Crippen LogP) is 2.85. The number of likely N-dealkylation sites (tertiary alicyclic amines) is 1. The number of hydrogen-bond donors (Lipinski definition) is 2. The van der Waals surface area contributed by atoms with Crippen molar-refractivity contribution in [3.05, 3.63) is 16.0 Å². The number of hydrogen-bond acceptors (Lipinski definition) is 4. The van der Waals surface area contributed by atoms with Gasteiger partial charge in [-0.2, -0.15) is 0 Å². The zero-order chi connectivity index (χ0) is 15.8. The highest BCUT2D eigenvalue weighted by molar-refractivity contribution is 7.16. The summed E-state index contributed by atoms with van der Waals surface area (Å²) in [5, 5.41) is 14.2. The van der Waals surface area contributed by atoms with Crippen molar-refractivity contribution in [1.82, 2.24) is 4.90 Å². The third-order valence-corrected chi connectivity index (χ3v) is 5.69. The van der Waals surface area contributed by atoms with E-state index in [0.29, 0.717) is 6.54 Å². The summed E-state index contributed by atoms with van der Waals surface area (Å²) in [4.78, 5) is 15.6. The third kappa shape index (κ3) is 3.65. The van der Waals surface area contributed by atoms with Crippen LogP contribution in [0.2, 0.25) is 0 Å². The van der Waals surface area contributed by atoms with Gasteiger partial charge in [0.25, 0.3) is 0 Å². The summed E-state index contributed by atoms with van der Waals surface area (Å²) in [7, 11) is 0. The average molecular weight is 310 g/mol. The van der Waals surface area contributed by atoms with E-state index in [4.69, 9.17) is 0 Å². The van der Waals surface area contributed by atoms with Crippen LogP contribution >= 0.6 is 11.3 Å². The minimum absolute atomic E-state index is 0.00972. The second kappa shape index (κ2) is 6.07. The molecule has 5 heteroatoms. The number of anilines is 1. The molecule has 1 aliphatic heterocycles. The van der Waals surface area contributed by atoms with Gasteiger partial charge in [0.15, 0.2) is 0 Å². The molecule has 1 atom stereocenters. The van der Waals surface area contributed by atoms with Gasteiger partial charge in [0.2, 0.25) is 5.91 Å². The lowest BCUT2D eigenvalue weighted by molar-refractivity contribution is -0.118. The van der Waals surface area contributed by atoms with Crippen LogP contribution in [0.15, 0.2) is 0 Å². The molecule has 0 radical (unpaired) electrons. The van der Waals surface area contributed by atoms with Crippen LogP contribution in [0.1, 0.15) is 42.7 Å². The van der Waals surface area contributed by atoms with E-state index in [1.54, 1.807) is 11.3 Å². The molecule has 2 rings (SSSR count). The number of carbonyl (C=O) groups is 1. The van der Waals surface area contributed by atoms with Crippen LogP contribution in [0.4, 0.5) is 5.00 Å². The summed E-state index contributed by atoms with van der Waals surface area (Å²) in [5.41, 5.74) is 1.65. The first-order chi connectivity index (χ1) is 9.70. The average Bonchev–Trinajstić information content (AvgIpc) is 2.91. The van der Waals surface area contributed by atoms with Gasteiger partial charge in [-0.05, 0) is 65.1 Å². The van der Waals surface area contributed by atoms with Gasteiger partial charge in [0.1, 0.15) is 0 Å². The molecular weight excluding hydrogens is 284 g/mol. The number of aliphatic hydroxyl groups is 1. The fraction of sp³-hybridized carbons (Fsp3) is 0.688. The zero-order valence-electron chi connectivity index (χ0n) is 13.6. The Bertz CT molecular complexity index is 531. The molecule has 1 fully saturated rings. The van der Waals surface area contributed by atoms with E-state index in [9.17, 15) is 9.90 Å². The first-order valence-electron chi connectivity index (χ1n) is 7.53. The van der Waals surface area contributed by atoms with Crippen molar-refractivity contribution in [3.63, 3.8) is 0 Å². The highest BCUT2D eigenvalue weighted by Gasteiger charge is 2.36. The van der Waals surface area contributed by atoms with Crippen LogP contribution in [-0.4, -0.2) is 40.6 Å². The van der Waals surface area contributed by atoms with Crippen LogP contribution in [0.3, 0.4) is 0 Å². The molecule has 2 heterocycles. The molecule has 1 aliphatic rings. The molecule has 1 unspecified atom stereocenters. The van der Waals surface area contributed by atoms with E-state index >= 15 is 0 Å². The van der Waals surface area contributed by atoms with Gasteiger partial charge >= 0.3 is 0 Å². The molecule has 1 amide bonds. The molecule has 1 saturated heterocycles. The number of amides is 1. The predicted molar refractivity (Wildman–Crippen MR) is 88.1 cm³/mol. The topological polar surface area (TPSA) is 52.6 Å². The number of nitrogens with zero attached hydrogens (tertiary/aromatic N) is 1. The number of aryl methyl sites for hydroxylation is 1. The Hall–Kier alpha value is -0.910. The Morgan fingerprint density at radius 3 is 2.57 bits per heavy atom. The Balaban J connectivity index is 2.00. The van der Waals surface area contributed by atoms with Gasteiger partial charge in [-0.15, -0.1) is 11.3 Å². The van der Waals surface area contributed by atoms with Crippen LogP contribution in [-0.2, 0) is 4.79 Å². The van der Waals surface area contributed by atoms with Crippen molar-refractivity contribution in [2.24, 2.45) is 0 Å². The summed E-state index contributed by atoms with van der Waals surface area (Å²) in [5.74, 6) is 0.00972. The first-order valence-corrected chi connectivity index (χ1v) is 8.34. The SMILES string of the molecule is Cc1sc(NC(=O)CN2CCCC2C(C)(C)O)c(C)c1C. The molecule has 0 bridgehead atoms. The molecule has 4 nitrogen and oxygen atoms in total. The summed E-state index contributed by atoms with van der Waals surface area (Å²) in [6.07, 6.45) is 1.99. The Labute approximate surface area is 131 Å². The van der Waals surface area contributed by atoms with Crippen LogP contribution in [0.5, 0.6) is 0 Å². The van der Waals surface area contributed by atoms with Crippen molar-refractivity contribution >= 4 is 22.2 Å². The Morgan fingerprint density at radius 2 is 2.05 bits per heavy atom. The molecule has 1 aromatic heterocycles. The van der Waals surface area contributed by atoms with Crippen LogP contribution in [0.25, 0.3) is 0 Å². The van der Waals surface area contributed by atoms with Gasteiger partial charge in [0.05, 0.1) is 17.1 Å². The molecule has 0 spiro atoms. The number of thiophene rings is 1. The summed E-state index contributed by atoms with van der Waals surface area (Å²) in [6, 6.07) is 0.0659. The summed E-state index contributed by atoms with van der Waals surface area (Å²) in [6.45, 7) is 11.1. The smallest absolute Gasteiger partial charge is 0.239 e. The highest BCUT2D eigenvalue weighted by atomic mass is 32.1. The molecule has 2 N–H and O–H groups in total. The van der Waals surface area contributed by atoms with E-state index in [0.717, 1.165) is 30.0 Å². The zero-order valence-corrected chi connectivity index (χ0v) is 14.4. The van der Waals surface area contributed by atoms with Crippen molar-refractivity contribution in [2.45, 2.75) is 59.1 Å². The third-order valence-electron chi connectivity index (χ3n) is 4.47. The molecule has 1 aromatic rings. The standard InChI is InChI=1S/C16H26N2O2S/c1-10-11(2)15(21-12(10)3)17-14(19)9-18-8-6-7-13(18)16(4,5)20/h13,20H,6-9H2,1-5H3,(H,17,19). The molecule has 0 saturated carbocycles. The second-order valence-corrected chi connectivity index (χ2v) is 7.79. The van der Waals surface area contributed by atoms with Gasteiger partial charge in [0, 0.05) is 10.9 Å². The van der Waals surface area contributed by atoms with Crippen molar-refractivity contribution in [3.8, 4) is 0 Å². The lowest BCUT2D eigenvalue weighted by Crippen LogP contribution is -2.48. The van der Waals surface area contributed by atoms with Gasteiger partial charge < -0.3 is 10.4 Å². The van der Waals surface area contributed by atoms with Gasteiger partial charge in [-0.3, -0.25) is 9.69 Å². The van der Waals surface area contributed by atoms with E-state index in [2.05, 4.69) is 24.1 Å². The van der Waals surface area contributed by atoms with Crippen LogP contribution in [0, 0.1) is 20.8 Å². The van der Waals surface area contributed by atoms with Crippen molar-refractivity contribution in [2.75, 3.05) is 18.4 Å². The summed E-state index contributed by atoms with van der Waals surface area (Å²) >= 11 is 1.63. The van der Waals surface area contributed by atoms with E-state index < -0.39 is 5.60 Å². The maximum atomic E-state index is 12.3. The quantitative estimate of drug-likeness (QED) is 0.899. The van der Waals surface area contributed by atoms with Crippen molar-refractivity contribution < 1.29 is 9.90 Å². The maximum absolute atomic E-state index is 12.3. The fourth-order valence-corrected chi connectivity index (χ4v) is 4.11. The molecule has 118 valence electrons. The Kier molecular flexibility index (Phi) is 4.76. The molecule has 21 heavy (non-hydrogen) atoms. The van der Waals surface area contributed by atoms with E-state index in [1.807, 2.05) is 20.8 Å². The van der Waals surface area contributed by atoms with E-state index in [-0.39, 0.29) is 11.9 Å². The monoisotopic (exact) mass is 310 g/mol. The number of nitrogens with one attached hydrogen (secondary N) is 1. The number of carbonyl (C=O) groups excluding carboxylic acids is 1. The van der Waals surface area contributed by atoms with Gasteiger partial charge in [-0.1, -0.05) is 0 Å². The minimum Gasteiger partial charge on any atom is -0.389 e. The second-order valence-electron chi connectivity index (χ2n) is 6.57. The van der Waals surface area contributed by atoms with E-state index in [1.165, 1.54) is 10.4 Å². The fourth-order valence-electron chi connectivity index (χ4n) is 3.03. The normalized spacial score (nSPS) is 20.0. The first kappa shape index (κ1) is 16.5. The van der Waals surface area contributed by atoms with Crippen LogP contribution < -0.4 is 5.32 Å². The molecule has 0 aliphatic carbocycles. The lowest BCUT2D eigenvalue weighted by atomic mass is 9.97. The van der Waals surface area contributed by atoms with Crippen molar-refractivity contribution in [1.29, 1.82) is 0 Å². The molecule has 0 aromatic carbocycles. The Morgan fingerprint density at radius 1 is 1.38 bits per heavy atom. The molecular formula is C16H26N2O2S. The maximum Gasteiger partial charge on any atom is 0.239 e.